The van der Waals surface area contributed by atoms with Crippen LogP contribution in [0.2, 0.25) is 0 Å². The third kappa shape index (κ3) is 4.45. The average molecular weight is 429 g/mol. The largest absolute Gasteiger partial charge is 0.444 e. The fourth-order valence-electron chi connectivity index (χ4n) is 5.77. The first-order valence-electron chi connectivity index (χ1n) is 11.6. The molecule has 3 aliphatic rings. The van der Waals surface area contributed by atoms with E-state index in [4.69, 9.17) is 4.74 Å². The van der Waals surface area contributed by atoms with Gasteiger partial charge in [0, 0.05) is 37.4 Å². The van der Waals surface area contributed by atoms with E-state index in [0.717, 1.165) is 25.7 Å². The minimum absolute atomic E-state index is 0.116. The molecule has 0 aromatic heterocycles. The number of carbonyl (C=O) groups excluding carboxylic acids is 2. The number of rotatable bonds is 3. The summed E-state index contributed by atoms with van der Waals surface area (Å²) in [7, 11) is 0. The number of β-amino-alcohol motifs (C(OH)–C–C–N with tert-alkyl or cyclic N) is 1. The zero-order valence-electron chi connectivity index (χ0n) is 19.1. The van der Waals surface area contributed by atoms with Crippen molar-refractivity contribution in [1.29, 1.82) is 0 Å². The summed E-state index contributed by atoms with van der Waals surface area (Å²) in [6, 6.07) is 10.2. The molecule has 3 fully saturated rings. The van der Waals surface area contributed by atoms with Crippen LogP contribution in [0.4, 0.5) is 4.79 Å². The Morgan fingerprint density at radius 2 is 1.84 bits per heavy atom. The number of benzene rings is 1. The van der Waals surface area contributed by atoms with Crippen LogP contribution in [0, 0.1) is 5.41 Å². The third-order valence-electron chi connectivity index (χ3n) is 7.43. The van der Waals surface area contributed by atoms with E-state index in [2.05, 4.69) is 12.1 Å². The number of likely N-dealkylation sites (tertiary alicyclic amines) is 2. The molecule has 1 aromatic rings. The predicted octanol–water partition coefficient (Wildman–Crippen LogP) is 3.93. The molecular weight excluding hydrogens is 392 g/mol. The van der Waals surface area contributed by atoms with E-state index in [0.29, 0.717) is 39.0 Å². The van der Waals surface area contributed by atoms with Gasteiger partial charge in [-0.2, -0.15) is 0 Å². The Morgan fingerprint density at radius 3 is 2.48 bits per heavy atom. The van der Waals surface area contributed by atoms with Crippen LogP contribution in [0.5, 0.6) is 0 Å². The zero-order valence-corrected chi connectivity index (χ0v) is 19.1. The van der Waals surface area contributed by atoms with Crippen LogP contribution in [0.1, 0.15) is 70.8 Å². The number of aliphatic hydroxyl groups is 1. The van der Waals surface area contributed by atoms with E-state index < -0.39 is 11.2 Å². The Bertz CT molecular complexity index is 813. The van der Waals surface area contributed by atoms with Crippen molar-refractivity contribution < 1.29 is 19.4 Å². The maximum absolute atomic E-state index is 12.8. The predicted molar refractivity (Wildman–Crippen MR) is 119 cm³/mol. The number of nitrogens with zero attached hydrogens (tertiary/aromatic N) is 2. The normalized spacial score (nSPS) is 28.4. The van der Waals surface area contributed by atoms with Gasteiger partial charge in [0.05, 0.1) is 12.1 Å². The molecule has 1 aliphatic carbocycles. The Hall–Kier alpha value is -2.08. The SMILES string of the molecule is CC(C)(C)OC(=O)N1CCC(O)(CN2CC(c3ccccc3)CC2=O)C2(CCCC2)C1. The van der Waals surface area contributed by atoms with Gasteiger partial charge in [-0.15, -0.1) is 0 Å². The summed E-state index contributed by atoms with van der Waals surface area (Å²) in [6.45, 7) is 7.59. The van der Waals surface area contributed by atoms with Crippen LogP contribution in [-0.4, -0.2) is 64.3 Å². The van der Waals surface area contributed by atoms with E-state index >= 15 is 0 Å². The molecule has 0 bridgehead atoms. The number of carbonyl (C=O) groups is 2. The molecule has 170 valence electrons. The van der Waals surface area contributed by atoms with E-state index in [-0.39, 0.29) is 23.3 Å². The standard InChI is InChI=1S/C25H36N2O4/c1-23(2,3)31-22(29)26-14-13-25(30,24(17-26)11-7-8-12-24)18-27-16-20(15-21(27)28)19-9-5-4-6-10-19/h4-6,9-10,20,30H,7-8,11-18H2,1-3H3. The molecule has 2 atom stereocenters. The van der Waals surface area contributed by atoms with Crippen molar-refractivity contribution in [3.05, 3.63) is 35.9 Å². The molecule has 2 aliphatic heterocycles. The third-order valence-corrected chi connectivity index (χ3v) is 7.43. The molecule has 1 aromatic carbocycles. The number of hydrogen-bond acceptors (Lipinski definition) is 4. The second-order valence-electron chi connectivity index (χ2n) is 10.8. The summed E-state index contributed by atoms with van der Waals surface area (Å²) < 4.78 is 5.60. The van der Waals surface area contributed by atoms with Crippen LogP contribution in [0.3, 0.4) is 0 Å². The van der Waals surface area contributed by atoms with Crippen molar-refractivity contribution >= 4 is 12.0 Å². The van der Waals surface area contributed by atoms with Crippen molar-refractivity contribution in [1.82, 2.24) is 9.80 Å². The topological polar surface area (TPSA) is 70.1 Å². The number of ether oxygens (including phenoxy) is 1. The minimum atomic E-state index is -0.969. The molecule has 2 amide bonds. The minimum Gasteiger partial charge on any atom is -0.444 e. The first kappa shape index (κ1) is 22.1. The monoisotopic (exact) mass is 428 g/mol. The van der Waals surface area contributed by atoms with Crippen LogP contribution >= 0.6 is 0 Å². The van der Waals surface area contributed by atoms with Crippen molar-refractivity contribution in [2.75, 3.05) is 26.2 Å². The van der Waals surface area contributed by atoms with Gasteiger partial charge >= 0.3 is 6.09 Å². The number of piperidine rings is 1. The highest BCUT2D eigenvalue weighted by Crippen LogP contribution is 2.51. The number of hydrogen-bond donors (Lipinski definition) is 1. The van der Waals surface area contributed by atoms with Gasteiger partial charge in [-0.3, -0.25) is 4.79 Å². The van der Waals surface area contributed by atoms with Gasteiger partial charge in [-0.25, -0.2) is 4.79 Å². The van der Waals surface area contributed by atoms with Gasteiger partial charge in [0.25, 0.3) is 0 Å². The molecular formula is C25H36N2O4. The lowest BCUT2D eigenvalue weighted by atomic mass is 9.65. The lowest BCUT2D eigenvalue weighted by molar-refractivity contribution is -0.154. The molecule has 0 radical (unpaired) electrons. The van der Waals surface area contributed by atoms with Crippen LogP contribution in [0.25, 0.3) is 0 Å². The molecule has 4 rings (SSSR count). The smallest absolute Gasteiger partial charge is 0.410 e. The van der Waals surface area contributed by atoms with E-state index in [1.807, 2.05) is 43.9 Å². The summed E-state index contributed by atoms with van der Waals surface area (Å²) in [4.78, 5) is 29.2. The molecule has 31 heavy (non-hydrogen) atoms. The van der Waals surface area contributed by atoms with E-state index in [1.54, 1.807) is 4.90 Å². The molecule has 1 N–H and O–H groups in total. The highest BCUT2D eigenvalue weighted by atomic mass is 16.6. The van der Waals surface area contributed by atoms with Crippen molar-refractivity contribution in [2.45, 2.75) is 76.4 Å². The van der Waals surface area contributed by atoms with E-state index in [9.17, 15) is 14.7 Å². The molecule has 2 saturated heterocycles. The summed E-state index contributed by atoms with van der Waals surface area (Å²) >= 11 is 0. The first-order chi connectivity index (χ1) is 14.6. The van der Waals surface area contributed by atoms with Gasteiger partial charge in [-0.05, 0) is 45.6 Å². The van der Waals surface area contributed by atoms with E-state index in [1.165, 1.54) is 5.56 Å². The lowest BCUT2D eigenvalue weighted by Gasteiger charge is -2.53. The molecule has 2 unspecified atom stereocenters. The first-order valence-corrected chi connectivity index (χ1v) is 11.6. The quantitative estimate of drug-likeness (QED) is 0.792. The van der Waals surface area contributed by atoms with Crippen molar-refractivity contribution in [2.24, 2.45) is 5.41 Å². The van der Waals surface area contributed by atoms with Gasteiger partial charge in [0.1, 0.15) is 5.60 Å². The molecule has 6 heteroatoms. The van der Waals surface area contributed by atoms with Crippen LogP contribution in [0.15, 0.2) is 30.3 Å². The maximum atomic E-state index is 12.8. The van der Waals surface area contributed by atoms with Gasteiger partial charge in [0.15, 0.2) is 0 Å². The Balaban J connectivity index is 1.49. The second kappa shape index (κ2) is 8.12. The van der Waals surface area contributed by atoms with Crippen molar-refractivity contribution in [3.63, 3.8) is 0 Å². The van der Waals surface area contributed by atoms with Crippen LogP contribution in [-0.2, 0) is 9.53 Å². The summed E-state index contributed by atoms with van der Waals surface area (Å²) in [5.74, 6) is 0.295. The summed E-state index contributed by atoms with van der Waals surface area (Å²) in [5.41, 5.74) is -0.695. The highest BCUT2D eigenvalue weighted by Gasteiger charge is 2.57. The van der Waals surface area contributed by atoms with Crippen molar-refractivity contribution in [3.8, 4) is 0 Å². The Labute approximate surface area is 185 Å². The highest BCUT2D eigenvalue weighted by molar-refractivity contribution is 5.80. The molecule has 1 spiro atoms. The molecule has 2 heterocycles. The Kier molecular flexibility index (Phi) is 5.80. The van der Waals surface area contributed by atoms with Crippen LogP contribution < -0.4 is 0 Å². The lowest BCUT2D eigenvalue weighted by Crippen LogP contribution is -2.64. The summed E-state index contributed by atoms with van der Waals surface area (Å²) in [5, 5.41) is 11.9. The number of amides is 2. The molecule has 1 saturated carbocycles. The average Bonchev–Trinajstić information content (AvgIpc) is 3.32. The second-order valence-corrected chi connectivity index (χ2v) is 10.8. The van der Waals surface area contributed by atoms with Gasteiger partial charge < -0.3 is 19.6 Å². The maximum Gasteiger partial charge on any atom is 0.410 e. The Morgan fingerprint density at radius 1 is 1.16 bits per heavy atom. The van der Waals surface area contributed by atoms with Gasteiger partial charge in [-0.1, -0.05) is 43.2 Å². The zero-order chi connectivity index (χ0) is 22.3. The van der Waals surface area contributed by atoms with Gasteiger partial charge in [0.2, 0.25) is 5.91 Å². The fourth-order valence-corrected chi connectivity index (χ4v) is 5.77. The molecule has 6 nitrogen and oxygen atoms in total. The fraction of sp³-hybridized carbons (Fsp3) is 0.680. The summed E-state index contributed by atoms with van der Waals surface area (Å²) in [6.07, 6.45) is 4.53.